The van der Waals surface area contributed by atoms with E-state index in [9.17, 15) is 14.4 Å². The zero-order valence-electron chi connectivity index (χ0n) is 21.6. The second kappa shape index (κ2) is 10.6. The van der Waals surface area contributed by atoms with E-state index in [0.717, 1.165) is 43.4 Å². The largest absolute Gasteiger partial charge is 0.349 e. The van der Waals surface area contributed by atoms with Crippen LogP contribution < -0.4 is 16.0 Å². The number of nitrogens with one attached hydrogen (secondary N) is 3. The average Bonchev–Trinajstić information content (AvgIpc) is 3.58. The number of nitrogens with zero attached hydrogens (tertiary/aromatic N) is 3. The van der Waals surface area contributed by atoms with E-state index < -0.39 is 0 Å². The maximum Gasteiger partial charge on any atom is 0.271 e. The van der Waals surface area contributed by atoms with Crippen LogP contribution in [0.3, 0.4) is 0 Å². The molecule has 2 aromatic heterocycles. The fourth-order valence-electron chi connectivity index (χ4n) is 5.38. The molecule has 10 heteroatoms. The van der Waals surface area contributed by atoms with Crippen molar-refractivity contribution in [3.05, 3.63) is 82.5 Å². The van der Waals surface area contributed by atoms with Gasteiger partial charge in [-0.25, -0.2) is 4.98 Å². The molecule has 4 heterocycles. The van der Waals surface area contributed by atoms with E-state index in [2.05, 4.69) is 50.1 Å². The zero-order chi connectivity index (χ0) is 26.9. The Morgan fingerprint density at radius 1 is 1.08 bits per heavy atom. The highest BCUT2D eigenvalue weighted by molar-refractivity contribution is 7.14. The third-order valence-electron chi connectivity index (χ3n) is 7.46. The molecule has 200 valence electrons. The van der Waals surface area contributed by atoms with E-state index in [0.29, 0.717) is 28.6 Å². The first kappa shape index (κ1) is 25.3. The Hall–Kier alpha value is -4.02. The lowest BCUT2D eigenvalue weighted by molar-refractivity contribution is 0.0900. The molecule has 1 fully saturated rings. The molecule has 6 rings (SSSR count). The number of hydrogen-bond donors (Lipinski definition) is 3. The fraction of sp³-hybridized carbons (Fsp3) is 0.310. The van der Waals surface area contributed by atoms with Crippen molar-refractivity contribution in [3.63, 3.8) is 0 Å². The maximum absolute atomic E-state index is 13.0. The number of carbonyl (C=O) groups excluding carboxylic acids is 3. The summed E-state index contributed by atoms with van der Waals surface area (Å²) in [6.07, 6.45) is 1.77. The average molecular weight is 543 g/mol. The third kappa shape index (κ3) is 5.30. The van der Waals surface area contributed by atoms with Gasteiger partial charge < -0.3 is 15.2 Å². The Labute approximate surface area is 230 Å². The molecular formula is C29H30N6O3S. The molecule has 2 aromatic carbocycles. The summed E-state index contributed by atoms with van der Waals surface area (Å²) in [6, 6.07) is 17.8. The summed E-state index contributed by atoms with van der Waals surface area (Å²) >= 11 is 1.22. The molecular weight excluding hydrogens is 512 g/mol. The molecule has 2 aliphatic heterocycles. The molecule has 1 saturated heterocycles. The maximum atomic E-state index is 13.0. The Morgan fingerprint density at radius 3 is 2.67 bits per heavy atom. The van der Waals surface area contributed by atoms with E-state index in [-0.39, 0.29) is 29.8 Å². The van der Waals surface area contributed by atoms with Crippen molar-refractivity contribution >= 4 is 45.1 Å². The summed E-state index contributed by atoms with van der Waals surface area (Å²) < 4.78 is 1.98. The van der Waals surface area contributed by atoms with E-state index in [1.807, 2.05) is 29.7 Å². The molecule has 39 heavy (non-hydrogen) atoms. The van der Waals surface area contributed by atoms with Crippen LogP contribution in [0.15, 0.2) is 60.0 Å². The van der Waals surface area contributed by atoms with Gasteiger partial charge in [0.25, 0.3) is 17.7 Å². The van der Waals surface area contributed by atoms with Crippen molar-refractivity contribution in [1.29, 1.82) is 0 Å². The highest BCUT2D eigenvalue weighted by Crippen LogP contribution is 2.28. The van der Waals surface area contributed by atoms with Gasteiger partial charge in [-0.15, -0.1) is 11.3 Å². The molecule has 2 aliphatic rings. The van der Waals surface area contributed by atoms with E-state index in [1.54, 1.807) is 17.5 Å². The third-order valence-corrected chi connectivity index (χ3v) is 8.22. The van der Waals surface area contributed by atoms with Gasteiger partial charge in [0.1, 0.15) is 11.4 Å². The van der Waals surface area contributed by atoms with Crippen LogP contribution >= 0.6 is 11.3 Å². The lowest BCUT2D eigenvalue weighted by Gasteiger charge is -2.32. The van der Waals surface area contributed by atoms with Crippen molar-refractivity contribution in [2.24, 2.45) is 0 Å². The summed E-state index contributed by atoms with van der Waals surface area (Å²) in [5.74, 6) is -0.643. The minimum atomic E-state index is -0.313. The summed E-state index contributed by atoms with van der Waals surface area (Å²) in [7, 11) is 0. The van der Waals surface area contributed by atoms with E-state index in [4.69, 9.17) is 0 Å². The van der Waals surface area contributed by atoms with Crippen LogP contribution in [0.25, 0.3) is 10.9 Å². The second-order valence-corrected chi connectivity index (χ2v) is 11.1. The van der Waals surface area contributed by atoms with Crippen LogP contribution in [0.2, 0.25) is 0 Å². The predicted molar refractivity (Wildman–Crippen MR) is 151 cm³/mol. The summed E-state index contributed by atoms with van der Waals surface area (Å²) in [4.78, 5) is 44.9. The molecule has 0 aliphatic carbocycles. The first-order valence-corrected chi connectivity index (χ1v) is 14.1. The normalized spacial score (nSPS) is 18.0. The standard InChI is InChI=1S/C29H30N6O3S/c1-18-15-30-28(38)25-13-20-7-8-21(14-24(20)35(18)25)26(36)33-29-32-23(17-39-29)27(37)31-22-9-11-34(12-10-22)16-19-5-3-2-4-6-19/h2-8,13-14,17-18,22H,9-12,15-16H2,1H3,(H,30,38)(H,31,37)(H,32,33,36). The smallest absolute Gasteiger partial charge is 0.271 e. The number of carbonyl (C=O) groups is 3. The molecule has 4 aromatic rings. The lowest BCUT2D eigenvalue weighted by atomic mass is 10.0. The van der Waals surface area contributed by atoms with Gasteiger partial charge in [0.15, 0.2) is 5.13 Å². The van der Waals surface area contributed by atoms with Gasteiger partial charge in [0, 0.05) is 60.1 Å². The number of hydrogen-bond acceptors (Lipinski definition) is 6. The van der Waals surface area contributed by atoms with Crippen LogP contribution in [-0.4, -0.2) is 57.8 Å². The van der Waals surface area contributed by atoms with Crippen LogP contribution in [0.5, 0.6) is 0 Å². The van der Waals surface area contributed by atoms with Gasteiger partial charge in [-0.05, 0) is 43.5 Å². The lowest BCUT2D eigenvalue weighted by Crippen LogP contribution is -2.44. The van der Waals surface area contributed by atoms with Crippen LogP contribution in [0, 0.1) is 0 Å². The topological polar surface area (TPSA) is 108 Å². The molecule has 0 radical (unpaired) electrons. The molecule has 1 unspecified atom stereocenters. The van der Waals surface area contributed by atoms with E-state index in [1.165, 1.54) is 16.9 Å². The van der Waals surface area contributed by atoms with Gasteiger partial charge in [0.05, 0.1) is 0 Å². The molecule has 9 nitrogen and oxygen atoms in total. The number of benzene rings is 2. The SMILES string of the molecule is CC1CNC(=O)c2cc3ccc(C(=O)Nc4nc(C(=O)NC5CCN(Cc6ccccc6)CC5)cs4)cc3n21. The van der Waals surface area contributed by atoms with Gasteiger partial charge in [0.2, 0.25) is 0 Å². The van der Waals surface area contributed by atoms with Crippen molar-refractivity contribution in [2.45, 2.75) is 38.4 Å². The number of thiazole rings is 1. The van der Waals surface area contributed by atoms with Crippen LogP contribution in [0.1, 0.15) is 62.7 Å². The van der Waals surface area contributed by atoms with Crippen LogP contribution in [0.4, 0.5) is 5.13 Å². The van der Waals surface area contributed by atoms with Gasteiger partial charge in [-0.2, -0.15) is 0 Å². The number of fused-ring (bicyclic) bond motifs is 3. The Kier molecular flexibility index (Phi) is 6.88. The summed E-state index contributed by atoms with van der Waals surface area (Å²) in [6.45, 7) is 5.35. The number of anilines is 1. The van der Waals surface area contributed by atoms with Crippen molar-refractivity contribution in [2.75, 3.05) is 25.0 Å². The minimum Gasteiger partial charge on any atom is -0.349 e. The monoisotopic (exact) mass is 542 g/mol. The van der Waals surface area contributed by atoms with Gasteiger partial charge in [-0.3, -0.25) is 24.6 Å². The molecule has 0 bridgehead atoms. The molecule has 3 N–H and O–H groups in total. The van der Waals surface area contributed by atoms with Crippen molar-refractivity contribution in [1.82, 2.24) is 25.1 Å². The fourth-order valence-corrected chi connectivity index (χ4v) is 6.06. The molecule has 0 saturated carbocycles. The number of likely N-dealkylation sites (tertiary alicyclic amines) is 1. The Bertz CT molecular complexity index is 1540. The zero-order valence-corrected chi connectivity index (χ0v) is 22.5. The summed E-state index contributed by atoms with van der Waals surface area (Å²) in [5, 5.41) is 11.7. The van der Waals surface area contributed by atoms with E-state index >= 15 is 0 Å². The quantitative estimate of drug-likeness (QED) is 0.341. The number of piperidine rings is 1. The first-order chi connectivity index (χ1) is 18.9. The van der Waals surface area contributed by atoms with Gasteiger partial charge >= 0.3 is 0 Å². The predicted octanol–water partition coefficient (Wildman–Crippen LogP) is 4.05. The highest BCUT2D eigenvalue weighted by Gasteiger charge is 2.25. The number of aromatic nitrogens is 2. The number of rotatable bonds is 6. The van der Waals surface area contributed by atoms with Crippen molar-refractivity contribution < 1.29 is 14.4 Å². The summed E-state index contributed by atoms with van der Waals surface area (Å²) in [5.41, 5.74) is 3.50. The van der Waals surface area contributed by atoms with Crippen molar-refractivity contribution in [3.8, 4) is 0 Å². The van der Waals surface area contributed by atoms with Crippen LogP contribution in [-0.2, 0) is 6.54 Å². The highest BCUT2D eigenvalue weighted by atomic mass is 32.1. The number of amides is 3. The Morgan fingerprint density at radius 2 is 1.87 bits per heavy atom. The second-order valence-electron chi connectivity index (χ2n) is 10.2. The first-order valence-electron chi connectivity index (χ1n) is 13.2. The molecule has 3 amide bonds. The molecule has 1 atom stereocenters. The van der Waals surface area contributed by atoms with Gasteiger partial charge in [-0.1, -0.05) is 36.4 Å². The molecule has 0 spiro atoms. The minimum absolute atomic E-state index is 0.0876. The Balaban J connectivity index is 1.06.